The minimum atomic E-state index is 0.640. The number of thiazole rings is 1. The molecule has 18 heavy (non-hydrogen) atoms. The summed E-state index contributed by atoms with van der Waals surface area (Å²) >= 11 is 1.79. The summed E-state index contributed by atoms with van der Waals surface area (Å²) in [5.74, 6) is 0. The van der Waals surface area contributed by atoms with Crippen LogP contribution in [-0.2, 0) is 6.42 Å². The molecule has 0 bridgehead atoms. The maximum atomic E-state index is 4.76. The van der Waals surface area contributed by atoms with Crippen molar-refractivity contribution < 1.29 is 0 Å². The van der Waals surface area contributed by atoms with Gasteiger partial charge in [-0.2, -0.15) is 0 Å². The van der Waals surface area contributed by atoms with Crippen molar-refractivity contribution in [1.82, 2.24) is 10.3 Å². The second-order valence-electron chi connectivity index (χ2n) is 4.99. The zero-order valence-electron chi connectivity index (χ0n) is 10.6. The number of hydrogen-bond donors (Lipinski definition) is 1. The van der Waals surface area contributed by atoms with E-state index in [-0.39, 0.29) is 0 Å². The van der Waals surface area contributed by atoms with Gasteiger partial charge in [-0.1, -0.05) is 23.8 Å². The van der Waals surface area contributed by atoms with Gasteiger partial charge in [-0.05, 0) is 32.4 Å². The Morgan fingerprint density at radius 2 is 2.39 bits per heavy atom. The fourth-order valence-electron chi connectivity index (χ4n) is 2.48. The Labute approximate surface area is 112 Å². The van der Waals surface area contributed by atoms with Gasteiger partial charge in [-0.15, -0.1) is 11.3 Å². The molecule has 1 aromatic heterocycles. The third-order valence-corrected chi connectivity index (χ3v) is 4.32. The van der Waals surface area contributed by atoms with E-state index in [0.29, 0.717) is 6.04 Å². The van der Waals surface area contributed by atoms with E-state index in [9.17, 15) is 0 Å². The highest BCUT2D eigenvalue weighted by Crippen LogP contribution is 2.24. The first-order chi connectivity index (χ1) is 8.81. The van der Waals surface area contributed by atoms with Crippen molar-refractivity contribution in [2.75, 3.05) is 6.54 Å². The van der Waals surface area contributed by atoms with Gasteiger partial charge < -0.3 is 5.32 Å². The van der Waals surface area contributed by atoms with Crippen molar-refractivity contribution in [3.05, 3.63) is 40.2 Å². The van der Waals surface area contributed by atoms with Crippen LogP contribution in [0.3, 0.4) is 0 Å². The van der Waals surface area contributed by atoms with Gasteiger partial charge in [0.15, 0.2) is 0 Å². The number of nitrogens with one attached hydrogen (secondary N) is 1. The van der Waals surface area contributed by atoms with E-state index in [2.05, 4.69) is 41.9 Å². The molecule has 2 heterocycles. The SMILES string of the molecule is Cc1cccc(-c2csc(CC3CCCN3)n2)c1. The largest absolute Gasteiger partial charge is 0.314 e. The van der Waals surface area contributed by atoms with Crippen LogP contribution in [0.1, 0.15) is 23.4 Å². The fourth-order valence-corrected chi connectivity index (χ4v) is 3.37. The summed E-state index contributed by atoms with van der Waals surface area (Å²) in [4.78, 5) is 4.76. The first-order valence-corrected chi connectivity index (χ1v) is 7.44. The Morgan fingerprint density at radius 1 is 1.44 bits per heavy atom. The first kappa shape index (κ1) is 11.9. The predicted octanol–water partition coefficient (Wildman–Crippen LogP) is 3.41. The molecule has 1 unspecified atom stereocenters. The average molecular weight is 258 g/mol. The van der Waals surface area contributed by atoms with Crippen LogP contribution < -0.4 is 5.32 Å². The van der Waals surface area contributed by atoms with Crippen molar-refractivity contribution >= 4 is 11.3 Å². The Morgan fingerprint density at radius 3 is 3.17 bits per heavy atom. The maximum absolute atomic E-state index is 4.76. The Balaban J connectivity index is 1.76. The van der Waals surface area contributed by atoms with Gasteiger partial charge in [0.05, 0.1) is 10.7 Å². The van der Waals surface area contributed by atoms with E-state index < -0.39 is 0 Å². The lowest BCUT2D eigenvalue weighted by Gasteiger charge is -2.06. The number of hydrogen-bond acceptors (Lipinski definition) is 3. The number of aromatic nitrogens is 1. The summed E-state index contributed by atoms with van der Waals surface area (Å²) in [6.45, 7) is 3.29. The van der Waals surface area contributed by atoms with Gasteiger partial charge in [-0.25, -0.2) is 4.98 Å². The van der Waals surface area contributed by atoms with Crippen LogP contribution in [0.25, 0.3) is 11.3 Å². The van der Waals surface area contributed by atoms with Crippen LogP contribution in [0, 0.1) is 6.92 Å². The predicted molar refractivity (Wildman–Crippen MR) is 77.0 cm³/mol. The van der Waals surface area contributed by atoms with E-state index in [0.717, 1.165) is 12.1 Å². The van der Waals surface area contributed by atoms with Gasteiger partial charge in [0, 0.05) is 23.4 Å². The molecule has 0 aliphatic carbocycles. The monoisotopic (exact) mass is 258 g/mol. The second-order valence-corrected chi connectivity index (χ2v) is 5.94. The highest BCUT2D eigenvalue weighted by Gasteiger charge is 2.16. The number of nitrogens with zero attached hydrogens (tertiary/aromatic N) is 1. The molecule has 0 spiro atoms. The summed E-state index contributed by atoms with van der Waals surface area (Å²) in [5, 5.41) is 6.96. The Hall–Kier alpha value is -1.19. The average Bonchev–Trinajstić information content (AvgIpc) is 3.01. The van der Waals surface area contributed by atoms with E-state index >= 15 is 0 Å². The van der Waals surface area contributed by atoms with Crippen LogP contribution in [0.15, 0.2) is 29.6 Å². The zero-order valence-corrected chi connectivity index (χ0v) is 11.5. The summed E-state index contributed by atoms with van der Waals surface area (Å²) in [7, 11) is 0. The van der Waals surface area contributed by atoms with Gasteiger partial charge in [0.1, 0.15) is 0 Å². The topological polar surface area (TPSA) is 24.9 Å². The summed E-state index contributed by atoms with van der Waals surface area (Å²) < 4.78 is 0. The first-order valence-electron chi connectivity index (χ1n) is 6.56. The molecular formula is C15H18N2S. The molecule has 1 aliphatic heterocycles. The lowest BCUT2D eigenvalue weighted by molar-refractivity contribution is 0.601. The van der Waals surface area contributed by atoms with Gasteiger partial charge in [-0.3, -0.25) is 0 Å². The van der Waals surface area contributed by atoms with Crippen LogP contribution >= 0.6 is 11.3 Å². The quantitative estimate of drug-likeness (QED) is 0.912. The molecule has 3 rings (SSSR count). The lowest BCUT2D eigenvalue weighted by atomic mass is 10.1. The minimum Gasteiger partial charge on any atom is -0.314 e. The third kappa shape index (κ3) is 2.62. The molecule has 1 aromatic carbocycles. The molecule has 1 saturated heterocycles. The van der Waals surface area contributed by atoms with Crippen LogP contribution in [0.2, 0.25) is 0 Å². The Bertz CT molecular complexity index is 527. The van der Waals surface area contributed by atoms with Crippen molar-refractivity contribution in [2.24, 2.45) is 0 Å². The Kier molecular flexibility index (Phi) is 3.43. The molecule has 1 aliphatic rings. The van der Waals surface area contributed by atoms with Gasteiger partial charge >= 0.3 is 0 Å². The number of rotatable bonds is 3. The van der Waals surface area contributed by atoms with E-state index in [1.54, 1.807) is 11.3 Å². The smallest absolute Gasteiger partial charge is 0.0948 e. The lowest BCUT2D eigenvalue weighted by Crippen LogP contribution is -2.23. The normalized spacial score (nSPS) is 19.3. The van der Waals surface area contributed by atoms with Crippen LogP contribution in [0.4, 0.5) is 0 Å². The summed E-state index contributed by atoms with van der Waals surface area (Å²) in [5.41, 5.74) is 3.65. The molecule has 1 N–H and O–H groups in total. The van der Waals surface area contributed by atoms with Crippen molar-refractivity contribution in [3.63, 3.8) is 0 Å². The van der Waals surface area contributed by atoms with Gasteiger partial charge in [0.2, 0.25) is 0 Å². The molecule has 1 atom stereocenters. The van der Waals surface area contributed by atoms with Crippen LogP contribution in [-0.4, -0.2) is 17.6 Å². The standard InChI is InChI=1S/C15H18N2S/c1-11-4-2-5-12(8-11)14-10-18-15(17-14)9-13-6-3-7-16-13/h2,4-5,8,10,13,16H,3,6-7,9H2,1H3. The molecule has 0 saturated carbocycles. The molecule has 94 valence electrons. The van der Waals surface area contributed by atoms with E-state index in [1.807, 2.05) is 0 Å². The van der Waals surface area contributed by atoms with Crippen LogP contribution in [0.5, 0.6) is 0 Å². The maximum Gasteiger partial charge on any atom is 0.0948 e. The highest BCUT2D eigenvalue weighted by atomic mass is 32.1. The van der Waals surface area contributed by atoms with Gasteiger partial charge in [0.25, 0.3) is 0 Å². The molecule has 2 aromatic rings. The molecule has 1 fully saturated rings. The zero-order chi connectivity index (χ0) is 12.4. The third-order valence-electron chi connectivity index (χ3n) is 3.45. The molecule has 3 heteroatoms. The molecule has 2 nitrogen and oxygen atoms in total. The minimum absolute atomic E-state index is 0.640. The molecule has 0 amide bonds. The van der Waals surface area contributed by atoms with Crippen molar-refractivity contribution in [2.45, 2.75) is 32.2 Å². The second kappa shape index (κ2) is 5.21. The fraction of sp³-hybridized carbons (Fsp3) is 0.400. The number of aryl methyl sites for hydroxylation is 1. The summed E-state index contributed by atoms with van der Waals surface area (Å²) in [6, 6.07) is 9.20. The summed E-state index contributed by atoms with van der Waals surface area (Å²) in [6.07, 6.45) is 3.68. The number of benzene rings is 1. The molecule has 0 radical (unpaired) electrons. The van der Waals surface area contributed by atoms with E-state index in [1.165, 1.54) is 35.5 Å². The molecular weight excluding hydrogens is 240 g/mol. The van der Waals surface area contributed by atoms with Crippen molar-refractivity contribution in [1.29, 1.82) is 0 Å². The highest BCUT2D eigenvalue weighted by molar-refractivity contribution is 7.09. The van der Waals surface area contributed by atoms with Crippen molar-refractivity contribution in [3.8, 4) is 11.3 Å². The van der Waals surface area contributed by atoms with E-state index in [4.69, 9.17) is 4.98 Å².